The summed E-state index contributed by atoms with van der Waals surface area (Å²) in [5.41, 5.74) is 0.523. The summed E-state index contributed by atoms with van der Waals surface area (Å²) in [5, 5.41) is 3.22. The molecule has 1 aliphatic carbocycles. The van der Waals surface area contributed by atoms with Crippen molar-refractivity contribution < 1.29 is 8.42 Å². The Labute approximate surface area is 129 Å². The molecule has 0 radical (unpaired) electrons. The third-order valence-corrected chi connectivity index (χ3v) is 7.56. The average molecular weight is 315 g/mol. The normalized spacial score (nSPS) is 22.5. The van der Waals surface area contributed by atoms with Crippen LogP contribution in [0.25, 0.3) is 0 Å². The molecule has 2 fully saturated rings. The van der Waals surface area contributed by atoms with Gasteiger partial charge in [0, 0.05) is 26.7 Å². The molecule has 2 aliphatic rings. The first kappa shape index (κ1) is 16.6. The standard InChI is InChI=1S/C15H29N3O2S/c1-14(2,3)21(19,20)11-9-17-13(16-4)18-10-8-15(12-18)6-5-7-15/h5-12H2,1-4H3,(H,16,17). The zero-order valence-corrected chi connectivity index (χ0v) is 14.6. The van der Waals surface area contributed by atoms with Crippen LogP contribution in [-0.4, -0.2) is 56.5 Å². The van der Waals surface area contributed by atoms with Gasteiger partial charge in [0.1, 0.15) is 0 Å². The van der Waals surface area contributed by atoms with E-state index in [0.717, 1.165) is 19.0 Å². The zero-order chi connectivity index (χ0) is 15.7. The summed E-state index contributed by atoms with van der Waals surface area (Å²) in [6.07, 6.45) is 5.26. The van der Waals surface area contributed by atoms with E-state index in [1.807, 2.05) is 0 Å². The van der Waals surface area contributed by atoms with Crippen LogP contribution >= 0.6 is 0 Å². The topological polar surface area (TPSA) is 61.8 Å². The first-order valence-corrected chi connectivity index (χ1v) is 9.52. The summed E-state index contributed by atoms with van der Waals surface area (Å²) >= 11 is 0. The molecule has 122 valence electrons. The monoisotopic (exact) mass is 315 g/mol. The molecule has 0 aromatic heterocycles. The van der Waals surface area contributed by atoms with E-state index in [9.17, 15) is 8.42 Å². The fraction of sp³-hybridized carbons (Fsp3) is 0.933. The van der Waals surface area contributed by atoms with Crippen molar-refractivity contribution >= 4 is 15.8 Å². The van der Waals surface area contributed by atoms with E-state index >= 15 is 0 Å². The smallest absolute Gasteiger partial charge is 0.193 e. The van der Waals surface area contributed by atoms with Crippen LogP contribution in [0.1, 0.15) is 46.5 Å². The average Bonchev–Trinajstić information content (AvgIpc) is 2.78. The molecule has 0 unspecified atom stereocenters. The molecule has 1 heterocycles. The van der Waals surface area contributed by atoms with Gasteiger partial charge < -0.3 is 10.2 Å². The van der Waals surface area contributed by atoms with Gasteiger partial charge in [0.05, 0.1) is 10.5 Å². The fourth-order valence-electron chi connectivity index (χ4n) is 3.14. The number of rotatable bonds is 3. The molecule has 1 saturated carbocycles. The second-order valence-electron chi connectivity index (χ2n) is 7.43. The summed E-state index contributed by atoms with van der Waals surface area (Å²) in [6.45, 7) is 7.77. The highest BCUT2D eigenvalue weighted by Crippen LogP contribution is 2.47. The fourth-order valence-corrected chi connectivity index (χ4v) is 4.12. The van der Waals surface area contributed by atoms with Crippen molar-refractivity contribution in [2.45, 2.75) is 51.2 Å². The van der Waals surface area contributed by atoms with Gasteiger partial charge in [-0.2, -0.15) is 0 Å². The lowest BCUT2D eigenvalue weighted by Crippen LogP contribution is -2.44. The predicted molar refractivity (Wildman–Crippen MR) is 87.4 cm³/mol. The van der Waals surface area contributed by atoms with Gasteiger partial charge in [-0.25, -0.2) is 8.42 Å². The SMILES string of the molecule is CN=C(NCCS(=O)(=O)C(C)(C)C)N1CCC2(CCC2)C1. The Balaban J connectivity index is 1.84. The maximum Gasteiger partial charge on any atom is 0.193 e. The number of nitrogens with zero attached hydrogens (tertiary/aromatic N) is 2. The lowest BCUT2D eigenvalue weighted by molar-refractivity contribution is 0.151. The van der Waals surface area contributed by atoms with Crippen LogP contribution in [0.4, 0.5) is 0 Å². The van der Waals surface area contributed by atoms with Gasteiger partial charge in [-0.05, 0) is 45.4 Å². The molecule has 5 nitrogen and oxygen atoms in total. The summed E-state index contributed by atoms with van der Waals surface area (Å²) in [6, 6.07) is 0. The van der Waals surface area contributed by atoms with Crippen molar-refractivity contribution in [2.75, 3.05) is 32.4 Å². The number of guanidine groups is 1. The Hall–Kier alpha value is -0.780. The predicted octanol–water partition coefficient (Wildman–Crippen LogP) is 1.65. The van der Waals surface area contributed by atoms with Crippen molar-refractivity contribution in [1.82, 2.24) is 10.2 Å². The molecule has 6 heteroatoms. The molecule has 0 amide bonds. The van der Waals surface area contributed by atoms with Crippen molar-refractivity contribution in [1.29, 1.82) is 0 Å². The Kier molecular flexibility index (Phi) is 4.57. The van der Waals surface area contributed by atoms with Crippen LogP contribution < -0.4 is 5.32 Å². The summed E-state index contributed by atoms with van der Waals surface area (Å²) in [7, 11) is -1.31. The van der Waals surface area contributed by atoms with E-state index in [1.54, 1.807) is 27.8 Å². The number of hydrogen-bond acceptors (Lipinski definition) is 3. The molecule has 1 aliphatic heterocycles. The maximum absolute atomic E-state index is 12.1. The van der Waals surface area contributed by atoms with Crippen LogP contribution in [0.2, 0.25) is 0 Å². The first-order chi connectivity index (χ1) is 9.69. The summed E-state index contributed by atoms with van der Waals surface area (Å²) in [5.74, 6) is 0.997. The minimum absolute atomic E-state index is 0.147. The highest BCUT2D eigenvalue weighted by atomic mass is 32.2. The van der Waals surface area contributed by atoms with Crippen molar-refractivity contribution in [2.24, 2.45) is 10.4 Å². The Morgan fingerprint density at radius 1 is 1.29 bits per heavy atom. The Morgan fingerprint density at radius 3 is 2.38 bits per heavy atom. The van der Waals surface area contributed by atoms with E-state index < -0.39 is 14.6 Å². The van der Waals surface area contributed by atoms with Crippen molar-refractivity contribution in [3.8, 4) is 0 Å². The minimum atomic E-state index is -3.08. The van der Waals surface area contributed by atoms with E-state index in [4.69, 9.17) is 0 Å². The van der Waals surface area contributed by atoms with Gasteiger partial charge in [-0.1, -0.05) is 6.42 Å². The molecule has 1 saturated heterocycles. The third kappa shape index (κ3) is 3.52. The van der Waals surface area contributed by atoms with Gasteiger partial charge in [-0.3, -0.25) is 4.99 Å². The van der Waals surface area contributed by atoms with Crippen LogP contribution in [0, 0.1) is 5.41 Å². The van der Waals surface area contributed by atoms with E-state index in [0.29, 0.717) is 12.0 Å². The summed E-state index contributed by atoms with van der Waals surface area (Å²) < 4.78 is 23.5. The molecule has 2 rings (SSSR count). The van der Waals surface area contributed by atoms with Crippen LogP contribution in [0.3, 0.4) is 0 Å². The van der Waals surface area contributed by atoms with Gasteiger partial charge in [0.15, 0.2) is 15.8 Å². The number of hydrogen-bond donors (Lipinski definition) is 1. The molecule has 0 aromatic rings. The highest BCUT2D eigenvalue weighted by Gasteiger charge is 2.43. The largest absolute Gasteiger partial charge is 0.355 e. The number of sulfone groups is 1. The van der Waals surface area contributed by atoms with Crippen molar-refractivity contribution in [3.05, 3.63) is 0 Å². The second-order valence-corrected chi connectivity index (χ2v) is 10.3. The second kappa shape index (κ2) is 5.78. The van der Waals surface area contributed by atoms with E-state index in [-0.39, 0.29) is 5.75 Å². The molecule has 21 heavy (non-hydrogen) atoms. The van der Waals surface area contributed by atoms with Crippen LogP contribution in [-0.2, 0) is 9.84 Å². The molecule has 0 bridgehead atoms. The Morgan fingerprint density at radius 2 is 1.95 bits per heavy atom. The van der Waals surface area contributed by atoms with Crippen LogP contribution in [0.5, 0.6) is 0 Å². The first-order valence-electron chi connectivity index (χ1n) is 7.87. The van der Waals surface area contributed by atoms with Gasteiger partial charge in [0.2, 0.25) is 0 Å². The van der Waals surface area contributed by atoms with Gasteiger partial charge in [-0.15, -0.1) is 0 Å². The van der Waals surface area contributed by atoms with Crippen LogP contribution in [0.15, 0.2) is 4.99 Å². The van der Waals surface area contributed by atoms with Gasteiger partial charge >= 0.3 is 0 Å². The number of nitrogens with one attached hydrogen (secondary N) is 1. The molecule has 0 aromatic carbocycles. The molecule has 1 N–H and O–H groups in total. The molecule has 0 atom stereocenters. The van der Waals surface area contributed by atoms with E-state index in [1.165, 1.54) is 25.7 Å². The zero-order valence-electron chi connectivity index (χ0n) is 13.8. The van der Waals surface area contributed by atoms with E-state index in [2.05, 4.69) is 15.2 Å². The lowest BCUT2D eigenvalue weighted by Gasteiger charge is -2.38. The van der Waals surface area contributed by atoms with Gasteiger partial charge in [0.25, 0.3) is 0 Å². The molecular weight excluding hydrogens is 286 g/mol. The minimum Gasteiger partial charge on any atom is -0.355 e. The Bertz CT molecular complexity index is 502. The number of aliphatic imine (C=N–C) groups is 1. The molecular formula is C15H29N3O2S. The third-order valence-electron chi connectivity index (χ3n) is 4.95. The quantitative estimate of drug-likeness (QED) is 0.635. The van der Waals surface area contributed by atoms with Crippen molar-refractivity contribution in [3.63, 3.8) is 0 Å². The lowest BCUT2D eigenvalue weighted by atomic mass is 9.68. The summed E-state index contributed by atoms with van der Waals surface area (Å²) in [4.78, 5) is 6.59. The molecule has 1 spiro atoms. The number of likely N-dealkylation sites (tertiary alicyclic amines) is 1. The maximum atomic E-state index is 12.1. The highest BCUT2D eigenvalue weighted by molar-refractivity contribution is 7.92.